The zero-order chi connectivity index (χ0) is 14.8. The standard InChI is InChI=1S/C17H12N2OS2/c1-2-6-14-12(4-1)10-15(22-14)16-17(19-8-7-18-16)20-11-13-5-3-9-21-13/h1-10H,11H2. The third-order valence-corrected chi connectivity index (χ3v) is 5.23. The van der Waals surface area contributed by atoms with E-state index >= 15 is 0 Å². The molecule has 0 aliphatic rings. The van der Waals surface area contributed by atoms with Gasteiger partial charge in [-0.25, -0.2) is 9.97 Å². The maximum Gasteiger partial charge on any atom is 0.241 e. The first-order valence-corrected chi connectivity index (χ1v) is 8.55. The zero-order valence-corrected chi connectivity index (χ0v) is 13.2. The fourth-order valence-corrected chi connectivity index (χ4v) is 3.90. The van der Waals surface area contributed by atoms with E-state index in [-0.39, 0.29) is 0 Å². The van der Waals surface area contributed by atoms with Crippen molar-refractivity contribution in [1.29, 1.82) is 0 Å². The molecule has 0 amide bonds. The summed E-state index contributed by atoms with van der Waals surface area (Å²) in [7, 11) is 0. The number of hydrogen-bond donors (Lipinski definition) is 0. The summed E-state index contributed by atoms with van der Waals surface area (Å²) >= 11 is 3.39. The van der Waals surface area contributed by atoms with Crippen LogP contribution in [-0.4, -0.2) is 9.97 Å². The summed E-state index contributed by atoms with van der Waals surface area (Å²) in [5.41, 5.74) is 0.806. The van der Waals surface area contributed by atoms with Crippen molar-refractivity contribution < 1.29 is 4.74 Å². The van der Waals surface area contributed by atoms with Crippen LogP contribution >= 0.6 is 22.7 Å². The molecule has 22 heavy (non-hydrogen) atoms. The smallest absolute Gasteiger partial charge is 0.241 e. The van der Waals surface area contributed by atoms with Gasteiger partial charge in [-0.3, -0.25) is 0 Å². The van der Waals surface area contributed by atoms with Gasteiger partial charge in [0.2, 0.25) is 5.88 Å². The average molecular weight is 324 g/mol. The number of ether oxygens (including phenoxy) is 1. The Labute approximate surface area is 135 Å². The molecule has 0 saturated carbocycles. The van der Waals surface area contributed by atoms with Gasteiger partial charge in [-0.2, -0.15) is 0 Å². The lowest BCUT2D eigenvalue weighted by Crippen LogP contribution is -1.98. The largest absolute Gasteiger partial charge is 0.470 e. The van der Waals surface area contributed by atoms with Crippen molar-refractivity contribution in [2.45, 2.75) is 6.61 Å². The second-order valence-electron chi connectivity index (χ2n) is 4.73. The molecule has 5 heteroatoms. The molecule has 0 fully saturated rings. The molecule has 3 aromatic heterocycles. The Morgan fingerprint density at radius 1 is 1.00 bits per heavy atom. The molecule has 4 aromatic rings. The topological polar surface area (TPSA) is 35.0 Å². The molecule has 0 atom stereocenters. The molecule has 0 unspecified atom stereocenters. The van der Waals surface area contributed by atoms with E-state index in [0.29, 0.717) is 12.5 Å². The van der Waals surface area contributed by atoms with Crippen LogP contribution in [0.5, 0.6) is 5.88 Å². The van der Waals surface area contributed by atoms with E-state index in [1.165, 1.54) is 15.0 Å². The van der Waals surface area contributed by atoms with Crippen molar-refractivity contribution in [2.24, 2.45) is 0 Å². The quantitative estimate of drug-likeness (QED) is 0.530. The lowest BCUT2D eigenvalue weighted by Gasteiger charge is -2.06. The van der Waals surface area contributed by atoms with E-state index in [1.807, 2.05) is 23.6 Å². The van der Waals surface area contributed by atoms with Gasteiger partial charge in [0.1, 0.15) is 12.3 Å². The van der Waals surface area contributed by atoms with E-state index in [2.05, 4.69) is 34.2 Å². The Hall–Kier alpha value is -2.24. The van der Waals surface area contributed by atoms with Crippen molar-refractivity contribution in [2.75, 3.05) is 0 Å². The number of nitrogens with zero attached hydrogens (tertiary/aromatic N) is 2. The van der Waals surface area contributed by atoms with Gasteiger partial charge in [-0.05, 0) is 29.0 Å². The van der Waals surface area contributed by atoms with Gasteiger partial charge in [0.15, 0.2) is 0 Å². The van der Waals surface area contributed by atoms with E-state index in [0.717, 1.165) is 10.6 Å². The first-order valence-electron chi connectivity index (χ1n) is 6.85. The monoisotopic (exact) mass is 324 g/mol. The van der Waals surface area contributed by atoms with Crippen molar-refractivity contribution >= 4 is 32.8 Å². The average Bonchev–Trinajstić information content (AvgIpc) is 3.22. The number of rotatable bonds is 4. The fourth-order valence-electron chi connectivity index (χ4n) is 2.23. The Bertz CT molecular complexity index is 867. The molecule has 3 heterocycles. The summed E-state index contributed by atoms with van der Waals surface area (Å²) in [6.07, 6.45) is 3.37. The second kappa shape index (κ2) is 5.87. The molecule has 1 aromatic carbocycles. The molecule has 108 valence electrons. The van der Waals surface area contributed by atoms with Crippen molar-refractivity contribution in [3.05, 3.63) is 65.1 Å². The Morgan fingerprint density at radius 3 is 2.77 bits per heavy atom. The van der Waals surface area contributed by atoms with E-state index in [4.69, 9.17) is 4.74 Å². The summed E-state index contributed by atoms with van der Waals surface area (Å²) in [5.74, 6) is 0.586. The highest BCUT2D eigenvalue weighted by molar-refractivity contribution is 7.22. The Kier molecular flexibility index (Phi) is 3.58. The van der Waals surface area contributed by atoms with Crippen LogP contribution < -0.4 is 4.74 Å². The predicted molar refractivity (Wildman–Crippen MR) is 91.5 cm³/mol. The van der Waals surface area contributed by atoms with Crippen LogP contribution in [0.4, 0.5) is 0 Å². The van der Waals surface area contributed by atoms with Crippen LogP contribution in [0.15, 0.2) is 60.2 Å². The van der Waals surface area contributed by atoms with Crippen LogP contribution in [0, 0.1) is 0 Å². The van der Waals surface area contributed by atoms with Crippen LogP contribution in [-0.2, 0) is 6.61 Å². The lowest BCUT2D eigenvalue weighted by molar-refractivity contribution is 0.297. The van der Waals surface area contributed by atoms with Gasteiger partial charge in [0, 0.05) is 22.0 Å². The van der Waals surface area contributed by atoms with Gasteiger partial charge in [-0.1, -0.05) is 24.3 Å². The van der Waals surface area contributed by atoms with E-state index in [9.17, 15) is 0 Å². The summed E-state index contributed by atoms with van der Waals surface area (Å²) in [5, 5.41) is 3.26. The van der Waals surface area contributed by atoms with Gasteiger partial charge in [0.25, 0.3) is 0 Å². The molecular formula is C17H12N2OS2. The normalized spacial score (nSPS) is 10.9. The molecule has 4 rings (SSSR count). The highest BCUT2D eigenvalue weighted by Gasteiger charge is 2.12. The fraction of sp³-hybridized carbons (Fsp3) is 0.0588. The molecule has 0 spiro atoms. The SMILES string of the molecule is c1csc(COc2nccnc2-c2cc3ccccc3s2)c1. The minimum atomic E-state index is 0.522. The van der Waals surface area contributed by atoms with E-state index in [1.54, 1.807) is 35.1 Å². The maximum atomic E-state index is 5.88. The highest BCUT2D eigenvalue weighted by Crippen LogP contribution is 2.36. The number of benzene rings is 1. The molecule has 0 bridgehead atoms. The summed E-state index contributed by atoms with van der Waals surface area (Å²) in [4.78, 5) is 11.1. The third kappa shape index (κ3) is 2.61. The number of thiophene rings is 2. The van der Waals surface area contributed by atoms with Gasteiger partial charge in [-0.15, -0.1) is 22.7 Å². The molecular weight excluding hydrogens is 312 g/mol. The van der Waals surface area contributed by atoms with Gasteiger partial charge >= 0.3 is 0 Å². The highest BCUT2D eigenvalue weighted by atomic mass is 32.1. The molecule has 3 nitrogen and oxygen atoms in total. The van der Waals surface area contributed by atoms with Crippen molar-refractivity contribution in [3.63, 3.8) is 0 Å². The molecule has 0 aliphatic heterocycles. The van der Waals surface area contributed by atoms with Crippen LogP contribution in [0.1, 0.15) is 4.88 Å². The molecule has 0 saturated heterocycles. The van der Waals surface area contributed by atoms with Crippen molar-refractivity contribution in [3.8, 4) is 16.5 Å². The Balaban J connectivity index is 1.69. The van der Waals surface area contributed by atoms with Crippen LogP contribution in [0.25, 0.3) is 20.7 Å². The zero-order valence-electron chi connectivity index (χ0n) is 11.6. The van der Waals surface area contributed by atoms with Gasteiger partial charge in [0.05, 0.1) is 4.88 Å². The summed E-state index contributed by atoms with van der Waals surface area (Å²) < 4.78 is 7.12. The minimum absolute atomic E-state index is 0.522. The van der Waals surface area contributed by atoms with Crippen LogP contribution in [0.2, 0.25) is 0 Å². The summed E-state index contributed by atoms with van der Waals surface area (Å²) in [6.45, 7) is 0.522. The second-order valence-corrected chi connectivity index (χ2v) is 6.84. The van der Waals surface area contributed by atoms with Crippen molar-refractivity contribution in [1.82, 2.24) is 9.97 Å². The summed E-state index contributed by atoms with van der Waals surface area (Å²) in [6, 6.07) is 14.5. The number of hydrogen-bond acceptors (Lipinski definition) is 5. The number of fused-ring (bicyclic) bond motifs is 1. The third-order valence-electron chi connectivity index (χ3n) is 3.25. The molecule has 0 N–H and O–H groups in total. The van der Waals surface area contributed by atoms with Crippen LogP contribution in [0.3, 0.4) is 0 Å². The maximum absolute atomic E-state index is 5.88. The lowest BCUT2D eigenvalue weighted by atomic mass is 10.2. The minimum Gasteiger partial charge on any atom is -0.470 e. The Morgan fingerprint density at radius 2 is 1.91 bits per heavy atom. The first-order chi connectivity index (χ1) is 10.9. The van der Waals surface area contributed by atoms with Gasteiger partial charge < -0.3 is 4.74 Å². The molecule has 0 radical (unpaired) electrons. The van der Waals surface area contributed by atoms with E-state index < -0.39 is 0 Å². The first kappa shape index (κ1) is 13.4. The predicted octanol–water partition coefficient (Wildman–Crippen LogP) is 5.00. The molecule has 0 aliphatic carbocycles. The number of aromatic nitrogens is 2.